The van der Waals surface area contributed by atoms with Crippen LogP contribution in [0.2, 0.25) is 0 Å². The predicted molar refractivity (Wildman–Crippen MR) is 68.8 cm³/mol. The van der Waals surface area contributed by atoms with E-state index in [1.54, 1.807) is 0 Å². The Bertz CT molecular complexity index is 204. The molecular weight excluding hydrogens is 200 g/mol. The second-order valence-electron chi connectivity index (χ2n) is 6.18. The number of hydrogen-bond acceptors (Lipinski definition) is 3. The minimum Gasteiger partial charge on any atom is -0.374 e. The summed E-state index contributed by atoms with van der Waals surface area (Å²) < 4.78 is 5.78. The Morgan fingerprint density at radius 2 is 2.00 bits per heavy atom. The van der Waals surface area contributed by atoms with E-state index in [9.17, 15) is 0 Å². The molecule has 1 N–H and O–H groups in total. The molecule has 0 saturated carbocycles. The van der Waals surface area contributed by atoms with Gasteiger partial charge in [0, 0.05) is 19.6 Å². The molecular formula is C13H28N2O. The van der Waals surface area contributed by atoms with Gasteiger partial charge in [-0.25, -0.2) is 0 Å². The van der Waals surface area contributed by atoms with Crippen molar-refractivity contribution < 1.29 is 4.74 Å². The maximum Gasteiger partial charge on any atom is 0.0704 e. The van der Waals surface area contributed by atoms with Gasteiger partial charge in [0.25, 0.3) is 0 Å². The second-order valence-corrected chi connectivity index (χ2v) is 6.18. The van der Waals surface area contributed by atoms with Gasteiger partial charge in [-0.05, 0) is 39.3 Å². The molecule has 96 valence electrons. The molecule has 1 heterocycles. The van der Waals surface area contributed by atoms with Gasteiger partial charge < -0.3 is 15.0 Å². The molecule has 0 amide bonds. The van der Waals surface area contributed by atoms with Crippen molar-refractivity contribution >= 4 is 0 Å². The van der Waals surface area contributed by atoms with Crippen LogP contribution in [0.3, 0.4) is 0 Å². The first-order chi connectivity index (χ1) is 7.39. The molecule has 0 radical (unpaired) electrons. The quantitative estimate of drug-likeness (QED) is 0.749. The molecule has 1 saturated heterocycles. The molecule has 2 atom stereocenters. The van der Waals surface area contributed by atoms with Gasteiger partial charge in [-0.3, -0.25) is 0 Å². The molecule has 0 bridgehead atoms. The van der Waals surface area contributed by atoms with E-state index in [-0.39, 0.29) is 0 Å². The molecule has 16 heavy (non-hydrogen) atoms. The molecule has 1 aliphatic rings. The van der Waals surface area contributed by atoms with Gasteiger partial charge in [-0.15, -0.1) is 0 Å². The molecule has 1 aliphatic heterocycles. The van der Waals surface area contributed by atoms with E-state index < -0.39 is 0 Å². The molecule has 0 aromatic carbocycles. The minimum absolute atomic E-state index is 0.327. The Hall–Kier alpha value is -0.120. The lowest BCUT2D eigenvalue weighted by Gasteiger charge is -2.29. The van der Waals surface area contributed by atoms with Crippen LogP contribution in [0.25, 0.3) is 0 Å². The fourth-order valence-corrected chi connectivity index (χ4v) is 2.52. The zero-order valence-electron chi connectivity index (χ0n) is 11.5. The third kappa shape index (κ3) is 5.28. The standard InChI is InChI=1S/C13H28N2O/c1-11-6-7-12(16-11)8-14-9-13(2,3)10-15(4)5/h11-12,14H,6-10H2,1-5H3. The highest BCUT2D eigenvalue weighted by molar-refractivity contribution is 4.77. The van der Waals surface area contributed by atoms with Crippen molar-refractivity contribution in [2.24, 2.45) is 5.41 Å². The normalized spacial score (nSPS) is 26.6. The Labute approximate surface area is 101 Å². The SMILES string of the molecule is CC1CCC(CNCC(C)(C)CN(C)C)O1. The van der Waals surface area contributed by atoms with E-state index in [0.717, 1.165) is 19.6 Å². The summed E-state index contributed by atoms with van der Waals surface area (Å²) in [6, 6.07) is 0. The van der Waals surface area contributed by atoms with Crippen molar-refractivity contribution in [1.29, 1.82) is 0 Å². The van der Waals surface area contributed by atoms with Crippen LogP contribution in [0.15, 0.2) is 0 Å². The Morgan fingerprint density at radius 1 is 1.31 bits per heavy atom. The summed E-state index contributed by atoms with van der Waals surface area (Å²) in [6.07, 6.45) is 3.32. The first-order valence-electron chi connectivity index (χ1n) is 6.40. The van der Waals surface area contributed by atoms with Crippen molar-refractivity contribution in [3.05, 3.63) is 0 Å². The number of hydrogen-bond donors (Lipinski definition) is 1. The van der Waals surface area contributed by atoms with Crippen molar-refractivity contribution in [3.8, 4) is 0 Å². The average Bonchev–Trinajstić information content (AvgIpc) is 2.48. The highest BCUT2D eigenvalue weighted by Gasteiger charge is 2.23. The molecule has 0 spiro atoms. The van der Waals surface area contributed by atoms with Crippen LogP contribution >= 0.6 is 0 Å². The molecule has 0 aromatic heterocycles. The molecule has 1 rings (SSSR count). The van der Waals surface area contributed by atoms with Gasteiger partial charge in [0.2, 0.25) is 0 Å². The maximum atomic E-state index is 5.78. The fourth-order valence-electron chi connectivity index (χ4n) is 2.52. The second kappa shape index (κ2) is 5.99. The lowest BCUT2D eigenvalue weighted by molar-refractivity contribution is 0.0542. The van der Waals surface area contributed by atoms with Gasteiger partial charge in [0.1, 0.15) is 0 Å². The summed E-state index contributed by atoms with van der Waals surface area (Å²) in [6.45, 7) is 9.94. The van der Waals surface area contributed by atoms with E-state index in [1.165, 1.54) is 12.8 Å². The lowest BCUT2D eigenvalue weighted by atomic mass is 9.93. The first kappa shape index (κ1) is 13.9. The van der Waals surface area contributed by atoms with Crippen LogP contribution in [-0.2, 0) is 4.74 Å². The summed E-state index contributed by atoms with van der Waals surface area (Å²) >= 11 is 0. The van der Waals surface area contributed by atoms with Crippen LogP contribution in [0, 0.1) is 5.41 Å². The fraction of sp³-hybridized carbons (Fsp3) is 1.00. The average molecular weight is 228 g/mol. The Balaban J connectivity index is 2.14. The van der Waals surface area contributed by atoms with Crippen molar-refractivity contribution in [2.45, 2.75) is 45.8 Å². The van der Waals surface area contributed by atoms with Crippen molar-refractivity contribution in [2.75, 3.05) is 33.7 Å². The van der Waals surface area contributed by atoms with Crippen LogP contribution < -0.4 is 5.32 Å². The van der Waals surface area contributed by atoms with Gasteiger partial charge in [0.15, 0.2) is 0 Å². The van der Waals surface area contributed by atoms with E-state index in [2.05, 4.69) is 45.1 Å². The summed E-state index contributed by atoms with van der Waals surface area (Å²) in [5.74, 6) is 0. The van der Waals surface area contributed by atoms with Crippen LogP contribution in [0.1, 0.15) is 33.6 Å². The molecule has 1 fully saturated rings. The summed E-state index contributed by atoms with van der Waals surface area (Å²) in [7, 11) is 4.26. The zero-order valence-corrected chi connectivity index (χ0v) is 11.5. The smallest absolute Gasteiger partial charge is 0.0704 e. The third-order valence-corrected chi connectivity index (χ3v) is 3.04. The summed E-state index contributed by atoms with van der Waals surface area (Å²) in [4.78, 5) is 2.25. The van der Waals surface area contributed by atoms with Crippen LogP contribution in [0.5, 0.6) is 0 Å². The van der Waals surface area contributed by atoms with Gasteiger partial charge in [-0.2, -0.15) is 0 Å². The minimum atomic E-state index is 0.327. The zero-order chi connectivity index (χ0) is 12.2. The van der Waals surface area contributed by atoms with Crippen molar-refractivity contribution in [1.82, 2.24) is 10.2 Å². The number of rotatable bonds is 6. The Kier molecular flexibility index (Phi) is 5.22. The van der Waals surface area contributed by atoms with Gasteiger partial charge in [0.05, 0.1) is 12.2 Å². The van der Waals surface area contributed by atoms with Crippen LogP contribution in [-0.4, -0.2) is 50.8 Å². The van der Waals surface area contributed by atoms with Crippen molar-refractivity contribution in [3.63, 3.8) is 0 Å². The van der Waals surface area contributed by atoms with Gasteiger partial charge >= 0.3 is 0 Å². The molecule has 0 aromatic rings. The van der Waals surface area contributed by atoms with E-state index in [1.807, 2.05) is 0 Å². The first-order valence-corrected chi connectivity index (χ1v) is 6.40. The lowest BCUT2D eigenvalue weighted by Crippen LogP contribution is -2.40. The maximum absolute atomic E-state index is 5.78. The topological polar surface area (TPSA) is 24.5 Å². The molecule has 2 unspecified atom stereocenters. The van der Waals surface area contributed by atoms with E-state index >= 15 is 0 Å². The monoisotopic (exact) mass is 228 g/mol. The largest absolute Gasteiger partial charge is 0.374 e. The predicted octanol–water partition coefficient (Wildman–Crippen LogP) is 1.73. The van der Waals surface area contributed by atoms with Crippen LogP contribution in [0.4, 0.5) is 0 Å². The summed E-state index contributed by atoms with van der Waals surface area (Å²) in [5.41, 5.74) is 0.327. The Morgan fingerprint density at radius 3 is 2.50 bits per heavy atom. The van der Waals surface area contributed by atoms with E-state index in [4.69, 9.17) is 4.74 Å². The molecule has 3 heteroatoms. The van der Waals surface area contributed by atoms with E-state index in [0.29, 0.717) is 17.6 Å². The summed E-state index contributed by atoms with van der Waals surface area (Å²) in [5, 5.41) is 3.54. The number of nitrogens with one attached hydrogen (secondary N) is 1. The number of nitrogens with zero attached hydrogens (tertiary/aromatic N) is 1. The number of ether oxygens (including phenoxy) is 1. The third-order valence-electron chi connectivity index (χ3n) is 3.04. The van der Waals surface area contributed by atoms with Gasteiger partial charge in [-0.1, -0.05) is 13.8 Å². The highest BCUT2D eigenvalue weighted by Crippen LogP contribution is 2.19. The molecule has 3 nitrogen and oxygen atoms in total. The highest BCUT2D eigenvalue weighted by atomic mass is 16.5. The molecule has 0 aliphatic carbocycles.